The summed E-state index contributed by atoms with van der Waals surface area (Å²) in [7, 11) is 3.97. The maximum Gasteiger partial charge on any atom is 0.337 e. The first-order chi connectivity index (χ1) is 18.2. The number of pyridine rings is 2. The minimum absolute atomic E-state index is 0.0296. The average molecular weight is 513 g/mol. The van der Waals surface area contributed by atoms with Crippen LogP contribution >= 0.6 is 0 Å². The normalized spacial score (nSPS) is 16.6. The number of nitrogens with zero attached hydrogens (tertiary/aromatic N) is 5. The molecular weight excluding hydrogens is 480 g/mol. The van der Waals surface area contributed by atoms with E-state index in [1.165, 1.54) is 6.20 Å². The zero-order valence-electron chi connectivity index (χ0n) is 22.1. The minimum Gasteiger partial charge on any atom is -0.478 e. The zero-order valence-corrected chi connectivity index (χ0v) is 22.1. The lowest BCUT2D eigenvalue weighted by molar-refractivity contribution is -0.117. The Morgan fingerprint density at radius 3 is 2.63 bits per heavy atom. The number of anilines is 2. The van der Waals surface area contributed by atoms with Crippen LogP contribution in [-0.4, -0.2) is 58.5 Å². The van der Waals surface area contributed by atoms with E-state index in [9.17, 15) is 14.7 Å². The number of aryl methyl sites for hydroxylation is 1. The Morgan fingerprint density at radius 1 is 1.21 bits per heavy atom. The highest BCUT2D eigenvalue weighted by atomic mass is 16.4. The van der Waals surface area contributed by atoms with E-state index in [4.69, 9.17) is 10.2 Å². The van der Waals surface area contributed by atoms with Crippen LogP contribution in [-0.2, 0) is 11.2 Å². The molecule has 2 aromatic heterocycles. The van der Waals surface area contributed by atoms with Gasteiger partial charge in [0.2, 0.25) is 5.91 Å². The van der Waals surface area contributed by atoms with E-state index in [1.807, 2.05) is 39.2 Å². The van der Waals surface area contributed by atoms with Crippen LogP contribution in [0, 0.1) is 11.3 Å². The van der Waals surface area contributed by atoms with Gasteiger partial charge < -0.3 is 20.2 Å². The first-order valence-electron chi connectivity index (χ1n) is 12.6. The van der Waals surface area contributed by atoms with Crippen molar-refractivity contribution in [3.8, 4) is 17.3 Å². The standard InChI is InChI=1S/C29H32N6O3/c1-18-14-26(33-28-12-7-20(16-30)17-31-28)23-15-21(8-11-27(23)35(18)19(2)36)24-10-9-22(29(37)38)25(32-24)6-5-13-34(3)4/h7-12,15,17-18,26H,5-6,13-14H2,1-4H3,(H,31,33)(H,37,38)/t18-,26+/m0/s1. The molecule has 2 atom stereocenters. The van der Waals surface area contributed by atoms with Gasteiger partial charge in [-0.3, -0.25) is 9.78 Å². The van der Waals surface area contributed by atoms with E-state index < -0.39 is 5.97 Å². The lowest BCUT2D eigenvalue weighted by Crippen LogP contribution is -2.43. The van der Waals surface area contributed by atoms with Crippen LogP contribution in [0.5, 0.6) is 0 Å². The molecule has 1 aliphatic rings. The first-order valence-corrected chi connectivity index (χ1v) is 12.6. The molecule has 38 heavy (non-hydrogen) atoms. The number of hydrogen-bond donors (Lipinski definition) is 2. The number of aromatic nitrogens is 2. The fourth-order valence-corrected chi connectivity index (χ4v) is 4.97. The van der Waals surface area contributed by atoms with E-state index in [0.717, 1.165) is 29.8 Å². The number of amides is 1. The van der Waals surface area contributed by atoms with Crippen LogP contribution in [0.4, 0.5) is 11.5 Å². The second-order valence-corrected chi connectivity index (χ2v) is 9.89. The molecule has 3 aromatic rings. The molecule has 2 N–H and O–H groups in total. The number of hydrogen-bond acceptors (Lipinski definition) is 7. The monoisotopic (exact) mass is 512 g/mol. The summed E-state index contributed by atoms with van der Waals surface area (Å²) in [6.45, 7) is 4.42. The number of nitriles is 1. The van der Waals surface area contributed by atoms with E-state index in [0.29, 0.717) is 35.6 Å². The number of nitrogens with one attached hydrogen (secondary N) is 1. The molecule has 196 valence electrons. The summed E-state index contributed by atoms with van der Waals surface area (Å²) in [5.74, 6) is -0.380. The van der Waals surface area contributed by atoms with Crippen molar-refractivity contribution in [3.05, 3.63) is 71.0 Å². The van der Waals surface area contributed by atoms with Crippen molar-refractivity contribution >= 4 is 23.4 Å². The molecule has 4 rings (SSSR count). The van der Waals surface area contributed by atoms with Gasteiger partial charge in [-0.05, 0) is 88.8 Å². The average Bonchev–Trinajstić information content (AvgIpc) is 2.88. The van der Waals surface area contributed by atoms with Gasteiger partial charge in [-0.25, -0.2) is 9.78 Å². The number of fused-ring (bicyclic) bond motifs is 1. The highest BCUT2D eigenvalue weighted by Gasteiger charge is 2.33. The number of carbonyl (C=O) groups is 2. The zero-order chi connectivity index (χ0) is 27.4. The van der Waals surface area contributed by atoms with Crippen molar-refractivity contribution in [2.45, 2.75) is 45.2 Å². The molecule has 1 aromatic carbocycles. The Balaban J connectivity index is 1.73. The third-order valence-electron chi connectivity index (χ3n) is 6.75. The molecule has 0 saturated carbocycles. The molecule has 0 fully saturated rings. The Hall–Kier alpha value is -4.29. The van der Waals surface area contributed by atoms with Gasteiger partial charge in [0, 0.05) is 30.4 Å². The van der Waals surface area contributed by atoms with Crippen LogP contribution in [0.1, 0.15) is 59.9 Å². The van der Waals surface area contributed by atoms with Gasteiger partial charge in [-0.15, -0.1) is 0 Å². The summed E-state index contributed by atoms with van der Waals surface area (Å²) < 4.78 is 0. The maximum absolute atomic E-state index is 12.5. The van der Waals surface area contributed by atoms with Crippen LogP contribution < -0.4 is 10.2 Å². The van der Waals surface area contributed by atoms with Gasteiger partial charge in [0.05, 0.1) is 28.6 Å². The van der Waals surface area contributed by atoms with Crippen molar-refractivity contribution in [1.29, 1.82) is 5.26 Å². The number of carboxylic acids is 1. The van der Waals surface area contributed by atoms with Crippen molar-refractivity contribution < 1.29 is 14.7 Å². The second-order valence-electron chi connectivity index (χ2n) is 9.89. The molecule has 9 nitrogen and oxygen atoms in total. The SMILES string of the molecule is CC(=O)N1c2ccc(-c3ccc(C(=O)O)c(CCCN(C)C)n3)cc2[C@H](Nc2ccc(C#N)cn2)C[C@@H]1C. The van der Waals surface area contributed by atoms with Gasteiger partial charge in [0.15, 0.2) is 0 Å². The van der Waals surface area contributed by atoms with Crippen molar-refractivity contribution in [1.82, 2.24) is 14.9 Å². The summed E-state index contributed by atoms with van der Waals surface area (Å²) in [5, 5.41) is 22.2. The van der Waals surface area contributed by atoms with Crippen LogP contribution in [0.25, 0.3) is 11.3 Å². The van der Waals surface area contributed by atoms with Gasteiger partial charge in [-0.1, -0.05) is 6.07 Å². The molecule has 3 heterocycles. The van der Waals surface area contributed by atoms with E-state index in [2.05, 4.69) is 21.3 Å². The quantitative estimate of drug-likeness (QED) is 0.452. The Morgan fingerprint density at radius 2 is 2.00 bits per heavy atom. The van der Waals surface area contributed by atoms with E-state index >= 15 is 0 Å². The largest absolute Gasteiger partial charge is 0.478 e. The summed E-state index contributed by atoms with van der Waals surface area (Å²) in [6, 6.07) is 14.6. The van der Waals surface area contributed by atoms with Gasteiger partial charge >= 0.3 is 5.97 Å². The molecule has 0 spiro atoms. The third-order valence-corrected chi connectivity index (χ3v) is 6.75. The summed E-state index contributed by atoms with van der Waals surface area (Å²) >= 11 is 0. The predicted octanol–water partition coefficient (Wildman–Crippen LogP) is 4.51. The fourth-order valence-electron chi connectivity index (χ4n) is 4.97. The topological polar surface area (TPSA) is 122 Å². The molecule has 9 heteroatoms. The van der Waals surface area contributed by atoms with Crippen LogP contribution in [0.15, 0.2) is 48.7 Å². The highest BCUT2D eigenvalue weighted by molar-refractivity contribution is 5.94. The molecule has 0 bridgehead atoms. The van der Waals surface area contributed by atoms with Gasteiger partial charge in [-0.2, -0.15) is 5.26 Å². The van der Waals surface area contributed by atoms with Crippen LogP contribution in [0.3, 0.4) is 0 Å². The lowest BCUT2D eigenvalue weighted by Gasteiger charge is -2.39. The Bertz CT molecular complexity index is 1380. The maximum atomic E-state index is 12.5. The molecule has 1 aliphatic heterocycles. The Kier molecular flexibility index (Phi) is 8.03. The third kappa shape index (κ3) is 5.82. The summed E-state index contributed by atoms with van der Waals surface area (Å²) in [4.78, 5) is 37.4. The van der Waals surface area contributed by atoms with E-state index in [1.54, 1.807) is 36.1 Å². The van der Waals surface area contributed by atoms with Gasteiger partial charge in [0.25, 0.3) is 0 Å². The van der Waals surface area contributed by atoms with Crippen molar-refractivity contribution in [2.24, 2.45) is 0 Å². The molecule has 0 unspecified atom stereocenters. The molecule has 0 radical (unpaired) electrons. The fraction of sp³-hybridized carbons (Fsp3) is 0.345. The highest BCUT2D eigenvalue weighted by Crippen LogP contribution is 2.41. The molecule has 0 saturated heterocycles. The number of carboxylic acid groups (broad SMARTS) is 1. The van der Waals surface area contributed by atoms with Crippen molar-refractivity contribution in [3.63, 3.8) is 0 Å². The lowest BCUT2D eigenvalue weighted by atomic mass is 9.89. The molecule has 0 aliphatic carbocycles. The van der Waals surface area contributed by atoms with Gasteiger partial charge in [0.1, 0.15) is 11.9 Å². The Labute approximate surface area is 222 Å². The number of benzene rings is 1. The number of rotatable bonds is 8. The number of carbonyl (C=O) groups excluding carboxylic acids is 1. The summed E-state index contributed by atoms with van der Waals surface area (Å²) in [6.07, 6.45) is 3.55. The number of aromatic carboxylic acids is 1. The minimum atomic E-state index is -0.986. The molecular formula is C29H32N6O3. The smallest absolute Gasteiger partial charge is 0.337 e. The van der Waals surface area contributed by atoms with E-state index in [-0.39, 0.29) is 23.6 Å². The summed E-state index contributed by atoms with van der Waals surface area (Å²) in [5.41, 5.74) is 4.53. The van der Waals surface area contributed by atoms with Crippen molar-refractivity contribution in [2.75, 3.05) is 30.9 Å². The van der Waals surface area contributed by atoms with Crippen LogP contribution in [0.2, 0.25) is 0 Å². The predicted molar refractivity (Wildman–Crippen MR) is 146 cm³/mol. The molecule has 1 amide bonds. The first kappa shape index (κ1) is 26.8. The second kappa shape index (κ2) is 11.4.